The Labute approximate surface area is 158 Å². The molecular formula is C19H14FNO5S. The number of imide groups is 1. The van der Waals surface area contributed by atoms with Crippen LogP contribution in [0.15, 0.2) is 53.4 Å². The summed E-state index contributed by atoms with van der Waals surface area (Å²) in [7, 11) is 0. The average Bonchev–Trinajstić information content (AvgIpc) is 2.89. The number of hydrogen-bond acceptors (Lipinski definition) is 5. The number of amides is 2. The summed E-state index contributed by atoms with van der Waals surface area (Å²) in [4.78, 5) is 36.6. The lowest BCUT2D eigenvalue weighted by molar-refractivity contribution is -0.139. The molecule has 0 saturated carbocycles. The second-order valence-electron chi connectivity index (χ2n) is 5.65. The molecule has 0 unspecified atom stereocenters. The first-order chi connectivity index (χ1) is 12.9. The quantitative estimate of drug-likeness (QED) is 0.764. The number of ether oxygens (including phenoxy) is 1. The van der Waals surface area contributed by atoms with Crippen molar-refractivity contribution in [2.75, 3.05) is 6.61 Å². The maximum atomic E-state index is 13.0. The van der Waals surface area contributed by atoms with Crippen LogP contribution in [0.25, 0.3) is 6.08 Å². The van der Waals surface area contributed by atoms with E-state index in [1.165, 1.54) is 24.3 Å². The van der Waals surface area contributed by atoms with Gasteiger partial charge in [0.15, 0.2) is 6.61 Å². The Morgan fingerprint density at radius 2 is 1.93 bits per heavy atom. The van der Waals surface area contributed by atoms with Crippen molar-refractivity contribution >= 4 is 35.0 Å². The highest BCUT2D eigenvalue weighted by atomic mass is 32.2. The van der Waals surface area contributed by atoms with Crippen LogP contribution in [0.4, 0.5) is 9.18 Å². The molecular weight excluding hydrogens is 373 g/mol. The normalized spacial score (nSPS) is 15.4. The van der Waals surface area contributed by atoms with E-state index in [4.69, 9.17) is 9.84 Å². The summed E-state index contributed by atoms with van der Waals surface area (Å²) < 4.78 is 18.1. The Bertz CT molecular complexity index is 926. The molecule has 0 radical (unpaired) electrons. The largest absolute Gasteiger partial charge is 0.482 e. The van der Waals surface area contributed by atoms with Gasteiger partial charge in [-0.15, -0.1) is 0 Å². The van der Waals surface area contributed by atoms with Crippen LogP contribution in [0.3, 0.4) is 0 Å². The number of carboxylic acids is 1. The van der Waals surface area contributed by atoms with Crippen molar-refractivity contribution in [3.63, 3.8) is 0 Å². The topological polar surface area (TPSA) is 83.9 Å². The van der Waals surface area contributed by atoms with Gasteiger partial charge in [-0.1, -0.05) is 24.3 Å². The van der Waals surface area contributed by atoms with Gasteiger partial charge in [0.2, 0.25) is 0 Å². The number of benzene rings is 2. The number of aliphatic carboxylic acids is 1. The second kappa shape index (κ2) is 8.05. The minimum absolute atomic E-state index is 0.0596. The summed E-state index contributed by atoms with van der Waals surface area (Å²) in [5.41, 5.74) is 1.24. The Hall–Kier alpha value is -3.13. The summed E-state index contributed by atoms with van der Waals surface area (Å²) in [6, 6.07) is 12.1. The Balaban J connectivity index is 1.75. The number of carbonyl (C=O) groups excluding carboxylic acids is 2. The third-order valence-electron chi connectivity index (χ3n) is 3.65. The van der Waals surface area contributed by atoms with Gasteiger partial charge < -0.3 is 9.84 Å². The summed E-state index contributed by atoms with van der Waals surface area (Å²) in [6.07, 6.45) is 1.54. The number of thioether (sulfide) groups is 1. The summed E-state index contributed by atoms with van der Waals surface area (Å²) in [5.74, 6) is -1.58. The summed E-state index contributed by atoms with van der Waals surface area (Å²) >= 11 is 0.813. The smallest absolute Gasteiger partial charge is 0.341 e. The predicted molar refractivity (Wildman–Crippen MR) is 97.5 cm³/mol. The molecule has 1 aliphatic rings. The minimum atomic E-state index is -1.10. The zero-order chi connectivity index (χ0) is 19.4. The summed E-state index contributed by atoms with van der Waals surface area (Å²) in [6.45, 7) is -0.415. The Morgan fingerprint density at radius 3 is 2.63 bits per heavy atom. The molecule has 0 bridgehead atoms. The third kappa shape index (κ3) is 4.73. The van der Waals surface area contributed by atoms with Crippen molar-refractivity contribution in [1.82, 2.24) is 4.90 Å². The van der Waals surface area contributed by atoms with Crippen LogP contribution < -0.4 is 4.74 Å². The molecule has 3 rings (SSSR count). The van der Waals surface area contributed by atoms with Crippen LogP contribution >= 0.6 is 11.8 Å². The standard InChI is InChI=1S/C19H14FNO5S/c20-14-6-4-12(5-7-14)10-21-18(24)16(27-19(21)25)9-13-2-1-3-15(8-13)26-11-17(22)23/h1-9H,10-11H2,(H,22,23)/b16-9-. The fourth-order valence-electron chi connectivity index (χ4n) is 2.40. The van der Waals surface area contributed by atoms with E-state index < -0.39 is 29.5 Å². The van der Waals surface area contributed by atoms with Gasteiger partial charge in [0.25, 0.3) is 11.1 Å². The number of carbonyl (C=O) groups is 3. The van der Waals surface area contributed by atoms with E-state index in [9.17, 15) is 18.8 Å². The Kier molecular flexibility index (Phi) is 5.56. The van der Waals surface area contributed by atoms with E-state index in [0.717, 1.165) is 16.7 Å². The van der Waals surface area contributed by atoms with Gasteiger partial charge in [0.05, 0.1) is 11.4 Å². The highest BCUT2D eigenvalue weighted by Gasteiger charge is 2.34. The van der Waals surface area contributed by atoms with Gasteiger partial charge in [-0.2, -0.15) is 0 Å². The first-order valence-corrected chi connectivity index (χ1v) is 8.68. The molecule has 1 heterocycles. The molecule has 2 aromatic carbocycles. The maximum Gasteiger partial charge on any atom is 0.341 e. The van der Waals surface area contributed by atoms with Crippen LogP contribution in [-0.4, -0.2) is 33.7 Å². The van der Waals surface area contributed by atoms with E-state index in [1.807, 2.05) is 0 Å². The van der Waals surface area contributed by atoms with Crippen LogP contribution in [0.5, 0.6) is 5.75 Å². The molecule has 27 heavy (non-hydrogen) atoms. The molecule has 2 amide bonds. The zero-order valence-corrected chi connectivity index (χ0v) is 14.7. The highest BCUT2D eigenvalue weighted by Crippen LogP contribution is 2.33. The lowest BCUT2D eigenvalue weighted by Gasteiger charge is -2.12. The molecule has 8 heteroatoms. The van der Waals surface area contributed by atoms with E-state index in [0.29, 0.717) is 16.9 Å². The molecule has 0 aliphatic carbocycles. The fourth-order valence-corrected chi connectivity index (χ4v) is 3.24. The number of nitrogens with zero attached hydrogens (tertiary/aromatic N) is 1. The second-order valence-corrected chi connectivity index (χ2v) is 6.64. The van der Waals surface area contributed by atoms with E-state index >= 15 is 0 Å². The van der Waals surface area contributed by atoms with Crippen LogP contribution in [0.2, 0.25) is 0 Å². The third-order valence-corrected chi connectivity index (χ3v) is 4.55. The van der Waals surface area contributed by atoms with Crippen molar-refractivity contribution in [1.29, 1.82) is 0 Å². The van der Waals surface area contributed by atoms with Crippen molar-refractivity contribution in [3.8, 4) is 5.75 Å². The number of halogens is 1. The molecule has 1 saturated heterocycles. The van der Waals surface area contributed by atoms with Crippen molar-refractivity contribution in [2.45, 2.75) is 6.54 Å². The molecule has 6 nitrogen and oxygen atoms in total. The Morgan fingerprint density at radius 1 is 1.19 bits per heavy atom. The fraction of sp³-hybridized carbons (Fsp3) is 0.105. The lowest BCUT2D eigenvalue weighted by atomic mass is 10.2. The highest BCUT2D eigenvalue weighted by molar-refractivity contribution is 8.18. The molecule has 0 aromatic heterocycles. The van der Waals surface area contributed by atoms with Crippen molar-refractivity contribution in [3.05, 3.63) is 70.4 Å². The molecule has 1 N–H and O–H groups in total. The molecule has 138 valence electrons. The van der Waals surface area contributed by atoms with Crippen molar-refractivity contribution in [2.24, 2.45) is 0 Å². The molecule has 1 aliphatic heterocycles. The van der Waals surface area contributed by atoms with E-state index in [1.54, 1.807) is 30.3 Å². The number of rotatable bonds is 6. The van der Waals surface area contributed by atoms with Gasteiger partial charge in [0, 0.05) is 0 Å². The lowest BCUT2D eigenvalue weighted by Crippen LogP contribution is -2.27. The molecule has 0 spiro atoms. The van der Waals surface area contributed by atoms with Crippen LogP contribution in [0.1, 0.15) is 11.1 Å². The number of hydrogen-bond donors (Lipinski definition) is 1. The van der Waals surface area contributed by atoms with E-state index in [2.05, 4.69) is 0 Å². The number of carboxylic acid groups (broad SMARTS) is 1. The molecule has 0 atom stereocenters. The first kappa shape index (κ1) is 18.7. The average molecular weight is 387 g/mol. The maximum absolute atomic E-state index is 13.0. The van der Waals surface area contributed by atoms with Crippen LogP contribution in [-0.2, 0) is 16.1 Å². The molecule has 2 aromatic rings. The monoisotopic (exact) mass is 387 g/mol. The van der Waals surface area contributed by atoms with Gasteiger partial charge in [-0.25, -0.2) is 9.18 Å². The van der Waals surface area contributed by atoms with Crippen molar-refractivity contribution < 1.29 is 28.6 Å². The van der Waals surface area contributed by atoms with Crippen LogP contribution in [0, 0.1) is 5.82 Å². The SMILES string of the molecule is O=C(O)COc1cccc(/C=C2\SC(=O)N(Cc3ccc(F)cc3)C2=O)c1. The minimum Gasteiger partial charge on any atom is -0.482 e. The van der Waals surface area contributed by atoms with E-state index in [-0.39, 0.29) is 11.4 Å². The van der Waals surface area contributed by atoms with Gasteiger partial charge in [-0.05, 0) is 53.2 Å². The summed E-state index contributed by atoms with van der Waals surface area (Å²) in [5, 5.41) is 8.25. The zero-order valence-electron chi connectivity index (χ0n) is 13.9. The first-order valence-electron chi connectivity index (χ1n) is 7.87. The predicted octanol–water partition coefficient (Wildman–Crippen LogP) is 3.53. The van der Waals surface area contributed by atoms with Gasteiger partial charge in [0.1, 0.15) is 11.6 Å². The van der Waals surface area contributed by atoms with Gasteiger partial charge in [-0.3, -0.25) is 14.5 Å². The van der Waals surface area contributed by atoms with Gasteiger partial charge >= 0.3 is 5.97 Å². The molecule has 1 fully saturated rings.